The average Bonchev–Trinajstić information content (AvgIpc) is 2.52. The third-order valence-corrected chi connectivity index (χ3v) is 5.05. The van der Waals surface area contributed by atoms with E-state index in [0.29, 0.717) is 12.1 Å². The topological polar surface area (TPSA) is 42.2 Å². The van der Waals surface area contributed by atoms with Gasteiger partial charge in [-0.1, -0.05) is 28.1 Å². The summed E-state index contributed by atoms with van der Waals surface area (Å²) in [4.78, 5) is 11.9. The van der Waals surface area contributed by atoms with Crippen molar-refractivity contribution in [1.29, 1.82) is 0 Å². The molecule has 3 nitrogen and oxygen atoms in total. The summed E-state index contributed by atoms with van der Waals surface area (Å²) >= 11 is 3.50. The predicted octanol–water partition coefficient (Wildman–Crippen LogP) is 5.09. The smallest absolute Gasteiger partial charge is 0.336 e. The molecule has 0 saturated carbocycles. The first kappa shape index (κ1) is 15.8. The van der Waals surface area contributed by atoms with Crippen LogP contribution in [-0.2, 0) is 6.54 Å². The van der Waals surface area contributed by atoms with Crippen molar-refractivity contribution in [2.75, 3.05) is 5.32 Å². The zero-order valence-electron chi connectivity index (χ0n) is 13.4. The number of hydrogen-bond acceptors (Lipinski definition) is 3. The van der Waals surface area contributed by atoms with Crippen molar-refractivity contribution in [3.8, 4) is 0 Å². The molecule has 0 unspecified atom stereocenters. The number of rotatable bonds is 3. The van der Waals surface area contributed by atoms with E-state index in [1.54, 1.807) is 6.07 Å². The van der Waals surface area contributed by atoms with Crippen LogP contribution in [-0.4, -0.2) is 0 Å². The van der Waals surface area contributed by atoms with Crippen LogP contribution in [0.15, 0.2) is 50.1 Å². The zero-order chi connectivity index (χ0) is 16.6. The zero-order valence-corrected chi connectivity index (χ0v) is 15.0. The van der Waals surface area contributed by atoms with Crippen molar-refractivity contribution < 1.29 is 4.42 Å². The highest BCUT2D eigenvalue weighted by molar-refractivity contribution is 9.10. The fraction of sp³-hybridized carbons (Fsp3) is 0.211. The molecule has 0 amide bonds. The van der Waals surface area contributed by atoms with Gasteiger partial charge in [-0.05, 0) is 61.2 Å². The molecule has 0 atom stereocenters. The molecule has 4 heteroatoms. The summed E-state index contributed by atoms with van der Waals surface area (Å²) in [7, 11) is 0. The van der Waals surface area contributed by atoms with Crippen LogP contribution >= 0.6 is 15.9 Å². The van der Waals surface area contributed by atoms with Crippen LogP contribution in [0.5, 0.6) is 0 Å². The molecule has 0 aliphatic heterocycles. The van der Waals surface area contributed by atoms with Crippen LogP contribution in [0.1, 0.15) is 22.3 Å². The van der Waals surface area contributed by atoms with E-state index >= 15 is 0 Å². The number of anilines is 1. The van der Waals surface area contributed by atoms with E-state index in [-0.39, 0.29) is 5.63 Å². The minimum Gasteiger partial charge on any atom is -0.422 e. The van der Waals surface area contributed by atoms with Crippen molar-refractivity contribution in [2.24, 2.45) is 0 Å². The highest BCUT2D eigenvalue weighted by Crippen LogP contribution is 2.25. The molecular weight excluding hydrogens is 354 g/mol. The summed E-state index contributed by atoms with van der Waals surface area (Å²) in [5.74, 6) is 0. The molecule has 3 rings (SSSR count). The van der Waals surface area contributed by atoms with E-state index in [1.165, 1.54) is 5.56 Å². The van der Waals surface area contributed by atoms with Gasteiger partial charge in [-0.25, -0.2) is 4.79 Å². The Bertz CT molecular complexity index is 944. The normalized spacial score (nSPS) is 11.0. The van der Waals surface area contributed by atoms with E-state index in [0.717, 1.165) is 32.2 Å². The number of nitrogens with one attached hydrogen (secondary N) is 1. The van der Waals surface area contributed by atoms with Crippen molar-refractivity contribution in [3.63, 3.8) is 0 Å². The van der Waals surface area contributed by atoms with Crippen molar-refractivity contribution in [3.05, 3.63) is 73.5 Å². The Hall–Kier alpha value is -2.07. The van der Waals surface area contributed by atoms with Crippen LogP contribution in [0.4, 0.5) is 5.69 Å². The largest absolute Gasteiger partial charge is 0.422 e. The van der Waals surface area contributed by atoms with Crippen molar-refractivity contribution in [2.45, 2.75) is 27.3 Å². The highest BCUT2D eigenvalue weighted by Gasteiger charge is 2.09. The van der Waals surface area contributed by atoms with E-state index in [4.69, 9.17) is 4.42 Å². The van der Waals surface area contributed by atoms with Gasteiger partial charge in [-0.2, -0.15) is 0 Å². The Balaban J connectivity index is 1.98. The Morgan fingerprint density at radius 2 is 1.83 bits per heavy atom. The third kappa shape index (κ3) is 3.17. The summed E-state index contributed by atoms with van der Waals surface area (Å²) in [5.41, 5.74) is 5.64. The quantitative estimate of drug-likeness (QED) is 0.651. The summed E-state index contributed by atoms with van der Waals surface area (Å²) in [6.07, 6.45) is 0. The summed E-state index contributed by atoms with van der Waals surface area (Å²) < 4.78 is 6.49. The number of hydrogen-bond donors (Lipinski definition) is 1. The molecule has 0 aliphatic rings. The Labute approximate surface area is 143 Å². The minimum absolute atomic E-state index is 0.310. The molecule has 23 heavy (non-hydrogen) atoms. The highest BCUT2D eigenvalue weighted by atomic mass is 79.9. The maximum Gasteiger partial charge on any atom is 0.336 e. The average molecular weight is 372 g/mol. The lowest BCUT2D eigenvalue weighted by molar-refractivity contribution is 0.556. The number of aryl methyl sites for hydroxylation is 3. The van der Waals surface area contributed by atoms with Crippen LogP contribution in [0.25, 0.3) is 11.0 Å². The second kappa shape index (κ2) is 6.20. The van der Waals surface area contributed by atoms with Gasteiger partial charge in [0.2, 0.25) is 0 Å². The molecule has 3 aromatic rings. The van der Waals surface area contributed by atoms with E-state index in [1.807, 2.05) is 39.0 Å². The van der Waals surface area contributed by atoms with Crippen molar-refractivity contribution in [1.82, 2.24) is 0 Å². The molecule has 0 spiro atoms. The monoisotopic (exact) mass is 371 g/mol. The first-order valence-corrected chi connectivity index (χ1v) is 8.28. The molecular formula is C19H18BrNO2. The lowest BCUT2D eigenvalue weighted by Crippen LogP contribution is -2.06. The van der Waals surface area contributed by atoms with E-state index < -0.39 is 0 Å². The maximum atomic E-state index is 11.9. The van der Waals surface area contributed by atoms with Crippen LogP contribution in [0.2, 0.25) is 0 Å². The van der Waals surface area contributed by atoms with Gasteiger partial charge in [0.1, 0.15) is 5.58 Å². The van der Waals surface area contributed by atoms with Crippen LogP contribution < -0.4 is 10.9 Å². The molecule has 0 saturated heterocycles. The minimum atomic E-state index is -0.310. The molecule has 2 aromatic carbocycles. The first-order valence-electron chi connectivity index (χ1n) is 7.48. The van der Waals surface area contributed by atoms with Gasteiger partial charge in [-0.3, -0.25) is 0 Å². The number of halogens is 1. The van der Waals surface area contributed by atoms with Gasteiger partial charge in [0.25, 0.3) is 0 Å². The molecule has 0 fully saturated rings. The van der Waals surface area contributed by atoms with Crippen LogP contribution in [0.3, 0.4) is 0 Å². The lowest BCUT2D eigenvalue weighted by atomic mass is 10.0. The fourth-order valence-electron chi connectivity index (χ4n) is 2.62. The summed E-state index contributed by atoms with van der Waals surface area (Å²) in [5, 5.41) is 4.36. The van der Waals surface area contributed by atoms with Gasteiger partial charge in [0, 0.05) is 28.2 Å². The Kier molecular flexibility index (Phi) is 4.26. The predicted molar refractivity (Wildman–Crippen MR) is 98.2 cm³/mol. The number of benzene rings is 2. The molecule has 1 N–H and O–H groups in total. The van der Waals surface area contributed by atoms with Gasteiger partial charge >= 0.3 is 5.63 Å². The third-order valence-electron chi connectivity index (χ3n) is 4.16. The standard InChI is InChI=1S/C19H18BrNO2/c1-11-4-6-16-14(9-18(22)23-19(16)13(11)3)10-21-15-5-7-17(20)12(2)8-15/h4-9,21H,10H2,1-3H3. The maximum absolute atomic E-state index is 11.9. The van der Waals surface area contributed by atoms with E-state index in [9.17, 15) is 4.79 Å². The SMILES string of the molecule is Cc1cc(NCc2cc(=O)oc3c(C)c(C)ccc23)ccc1Br. The molecule has 0 radical (unpaired) electrons. The van der Waals surface area contributed by atoms with Gasteiger partial charge in [-0.15, -0.1) is 0 Å². The molecule has 1 heterocycles. The lowest BCUT2D eigenvalue weighted by Gasteiger charge is -2.11. The molecule has 1 aromatic heterocycles. The van der Waals surface area contributed by atoms with E-state index in [2.05, 4.69) is 33.4 Å². The second-order valence-electron chi connectivity index (χ2n) is 5.79. The second-order valence-corrected chi connectivity index (χ2v) is 6.65. The van der Waals surface area contributed by atoms with Gasteiger partial charge in [0.15, 0.2) is 0 Å². The van der Waals surface area contributed by atoms with Gasteiger partial charge in [0.05, 0.1) is 0 Å². The first-order chi connectivity index (χ1) is 11.0. The van der Waals surface area contributed by atoms with Crippen molar-refractivity contribution >= 4 is 32.6 Å². The summed E-state index contributed by atoms with van der Waals surface area (Å²) in [6.45, 7) is 6.62. The Morgan fingerprint density at radius 3 is 2.57 bits per heavy atom. The Morgan fingerprint density at radius 1 is 1.04 bits per heavy atom. The fourth-order valence-corrected chi connectivity index (χ4v) is 2.87. The molecule has 0 aliphatic carbocycles. The van der Waals surface area contributed by atoms with Gasteiger partial charge < -0.3 is 9.73 Å². The van der Waals surface area contributed by atoms with Crippen LogP contribution in [0, 0.1) is 20.8 Å². The molecule has 0 bridgehead atoms. The molecule has 118 valence electrons. The summed E-state index contributed by atoms with van der Waals surface area (Å²) in [6, 6.07) is 11.8. The number of fused-ring (bicyclic) bond motifs is 1.